The maximum absolute atomic E-state index is 11.8. The zero-order chi connectivity index (χ0) is 14.0. The molecule has 1 amide bonds. The van der Waals surface area contributed by atoms with Crippen molar-refractivity contribution in [3.05, 3.63) is 0 Å². The SMILES string of the molecule is CC.CCCCC(C(CC)CC)N1CCCC1=O. The molecule has 18 heavy (non-hydrogen) atoms. The summed E-state index contributed by atoms with van der Waals surface area (Å²) in [5.74, 6) is 1.10. The van der Waals surface area contributed by atoms with E-state index in [-0.39, 0.29) is 0 Å². The van der Waals surface area contributed by atoms with Crippen LogP contribution in [0.25, 0.3) is 0 Å². The normalized spacial score (nSPS) is 16.8. The van der Waals surface area contributed by atoms with Crippen LogP contribution in [0, 0.1) is 5.92 Å². The van der Waals surface area contributed by atoms with Crippen molar-refractivity contribution in [2.75, 3.05) is 6.54 Å². The van der Waals surface area contributed by atoms with Crippen molar-refractivity contribution in [1.29, 1.82) is 0 Å². The molecule has 0 spiro atoms. The number of carbonyl (C=O) groups is 1. The highest BCUT2D eigenvalue weighted by molar-refractivity contribution is 5.78. The quantitative estimate of drug-likeness (QED) is 0.649. The van der Waals surface area contributed by atoms with Crippen molar-refractivity contribution < 1.29 is 4.79 Å². The van der Waals surface area contributed by atoms with Gasteiger partial charge in [0, 0.05) is 19.0 Å². The third kappa shape index (κ3) is 4.99. The van der Waals surface area contributed by atoms with Crippen LogP contribution in [0.5, 0.6) is 0 Å². The first-order valence-electron chi connectivity index (χ1n) is 8.04. The second-order valence-corrected chi connectivity index (χ2v) is 4.98. The van der Waals surface area contributed by atoms with Crippen molar-refractivity contribution in [1.82, 2.24) is 4.90 Å². The van der Waals surface area contributed by atoms with Crippen molar-refractivity contribution in [2.24, 2.45) is 5.92 Å². The Bertz CT molecular complexity index is 211. The smallest absolute Gasteiger partial charge is 0.222 e. The first-order chi connectivity index (χ1) is 8.74. The molecule has 1 aliphatic heterocycles. The van der Waals surface area contributed by atoms with Gasteiger partial charge in [0.1, 0.15) is 0 Å². The van der Waals surface area contributed by atoms with Crippen LogP contribution >= 0.6 is 0 Å². The Balaban J connectivity index is 0.00000137. The largest absolute Gasteiger partial charge is 0.339 e. The molecule has 1 rings (SSSR count). The van der Waals surface area contributed by atoms with Gasteiger partial charge in [0.25, 0.3) is 0 Å². The van der Waals surface area contributed by atoms with E-state index in [9.17, 15) is 4.79 Å². The summed E-state index contributed by atoms with van der Waals surface area (Å²) in [6, 6.07) is 0.518. The van der Waals surface area contributed by atoms with Crippen LogP contribution in [0.3, 0.4) is 0 Å². The van der Waals surface area contributed by atoms with Gasteiger partial charge in [-0.05, 0) is 18.8 Å². The monoisotopic (exact) mass is 255 g/mol. The lowest BCUT2D eigenvalue weighted by Gasteiger charge is -2.34. The van der Waals surface area contributed by atoms with Crippen LogP contribution < -0.4 is 0 Å². The summed E-state index contributed by atoms with van der Waals surface area (Å²) in [7, 11) is 0. The fourth-order valence-corrected chi connectivity index (χ4v) is 2.91. The molecule has 108 valence electrons. The fraction of sp³-hybridized carbons (Fsp3) is 0.938. The zero-order valence-electron chi connectivity index (χ0n) is 13.2. The molecule has 2 heteroatoms. The molecule has 1 atom stereocenters. The molecule has 0 saturated carbocycles. The average molecular weight is 255 g/mol. The second kappa shape index (κ2) is 10.4. The van der Waals surface area contributed by atoms with Crippen LogP contribution in [0.1, 0.15) is 79.6 Å². The summed E-state index contributed by atoms with van der Waals surface area (Å²) in [5.41, 5.74) is 0. The Morgan fingerprint density at radius 3 is 2.17 bits per heavy atom. The van der Waals surface area contributed by atoms with Crippen LogP contribution in [0.2, 0.25) is 0 Å². The van der Waals surface area contributed by atoms with E-state index in [4.69, 9.17) is 0 Å². The van der Waals surface area contributed by atoms with E-state index in [1.807, 2.05) is 13.8 Å². The average Bonchev–Trinajstić information content (AvgIpc) is 2.83. The summed E-state index contributed by atoms with van der Waals surface area (Å²) in [5, 5.41) is 0. The Hall–Kier alpha value is -0.530. The standard InChI is InChI=1S/C14H27NO.C2H6/c1-4-7-9-13(12(5-2)6-3)15-11-8-10-14(15)16;1-2/h12-13H,4-11H2,1-3H3;1-2H3. The zero-order valence-corrected chi connectivity index (χ0v) is 13.2. The minimum atomic E-state index is 0.396. The van der Waals surface area contributed by atoms with Crippen molar-refractivity contribution in [2.45, 2.75) is 85.6 Å². The third-order valence-electron chi connectivity index (χ3n) is 3.96. The molecule has 2 nitrogen and oxygen atoms in total. The van der Waals surface area contributed by atoms with Gasteiger partial charge in [-0.25, -0.2) is 0 Å². The van der Waals surface area contributed by atoms with E-state index < -0.39 is 0 Å². The number of rotatable bonds is 7. The minimum absolute atomic E-state index is 0.396. The summed E-state index contributed by atoms with van der Waals surface area (Å²) in [4.78, 5) is 14.0. The predicted molar refractivity (Wildman–Crippen MR) is 79.7 cm³/mol. The van der Waals surface area contributed by atoms with Crippen molar-refractivity contribution >= 4 is 5.91 Å². The molecule has 0 aliphatic carbocycles. The van der Waals surface area contributed by atoms with Crippen LogP contribution in [-0.2, 0) is 4.79 Å². The maximum atomic E-state index is 11.8. The highest BCUT2D eigenvalue weighted by atomic mass is 16.2. The molecule has 1 fully saturated rings. The molecule has 0 bridgehead atoms. The van der Waals surface area contributed by atoms with E-state index in [0.717, 1.165) is 19.4 Å². The first kappa shape index (κ1) is 17.5. The maximum Gasteiger partial charge on any atom is 0.222 e. The van der Waals surface area contributed by atoms with Gasteiger partial charge < -0.3 is 4.90 Å². The highest BCUT2D eigenvalue weighted by Crippen LogP contribution is 2.27. The highest BCUT2D eigenvalue weighted by Gasteiger charge is 2.31. The van der Waals surface area contributed by atoms with Gasteiger partial charge in [-0.1, -0.05) is 60.3 Å². The van der Waals surface area contributed by atoms with E-state index >= 15 is 0 Å². The Morgan fingerprint density at radius 2 is 1.78 bits per heavy atom. The summed E-state index contributed by atoms with van der Waals surface area (Å²) in [6.07, 6.45) is 7.95. The third-order valence-corrected chi connectivity index (χ3v) is 3.96. The molecule has 0 aromatic carbocycles. The van der Waals surface area contributed by atoms with E-state index in [1.165, 1.54) is 32.1 Å². The molecule has 1 heterocycles. The minimum Gasteiger partial charge on any atom is -0.339 e. The summed E-state index contributed by atoms with van der Waals surface area (Å²) in [6.45, 7) is 11.8. The molecule has 1 unspecified atom stereocenters. The first-order valence-corrected chi connectivity index (χ1v) is 8.04. The molecular weight excluding hydrogens is 222 g/mol. The molecular formula is C16H33NO. The molecule has 0 aromatic heterocycles. The Labute approximate surface area is 114 Å². The number of nitrogens with zero attached hydrogens (tertiary/aromatic N) is 1. The number of hydrogen-bond donors (Lipinski definition) is 0. The van der Waals surface area contributed by atoms with Gasteiger partial charge in [0.15, 0.2) is 0 Å². The van der Waals surface area contributed by atoms with Crippen LogP contribution in [0.4, 0.5) is 0 Å². The number of unbranched alkanes of at least 4 members (excludes halogenated alkanes) is 1. The Morgan fingerprint density at radius 1 is 1.17 bits per heavy atom. The molecule has 0 N–H and O–H groups in total. The van der Waals surface area contributed by atoms with Gasteiger partial charge in [0.05, 0.1) is 0 Å². The number of hydrogen-bond acceptors (Lipinski definition) is 1. The van der Waals surface area contributed by atoms with Gasteiger partial charge in [-0.2, -0.15) is 0 Å². The van der Waals surface area contributed by atoms with Crippen molar-refractivity contribution in [3.63, 3.8) is 0 Å². The number of likely N-dealkylation sites (tertiary alicyclic amines) is 1. The van der Waals surface area contributed by atoms with Crippen LogP contribution in [0.15, 0.2) is 0 Å². The predicted octanol–water partition coefficient (Wildman–Crippen LogP) is 4.63. The topological polar surface area (TPSA) is 20.3 Å². The van der Waals surface area contributed by atoms with E-state index in [0.29, 0.717) is 17.9 Å². The number of carbonyl (C=O) groups excluding carboxylic acids is 1. The lowest BCUT2D eigenvalue weighted by molar-refractivity contribution is -0.131. The molecule has 1 aliphatic rings. The molecule has 1 saturated heterocycles. The summed E-state index contributed by atoms with van der Waals surface area (Å²) >= 11 is 0. The lowest BCUT2D eigenvalue weighted by Crippen LogP contribution is -2.41. The van der Waals surface area contributed by atoms with E-state index in [2.05, 4.69) is 25.7 Å². The van der Waals surface area contributed by atoms with Gasteiger partial charge >= 0.3 is 0 Å². The van der Waals surface area contributed by atoms with Crippen molar-refractivity contribution in [3.8, 4) is 0 Å². The van der Waals surface area contributed by atoms with Crippen LogP contribution in [-0.4, -0.2) is 23.4 Å². The van der Waals surface area contributed by atoms with Gasteiger partial charge in [-0.15, -0.1) is 0 Å². The van der Waals surface area contributed by atoms with Gasteiger partial charge in [0.2, 0.25) is 5.91 Å². The lowest BCUT2D eigenvalue weighted by atomic mass is 9.89. The Kier molecular flexibility index (Phi) is 10.1. The molecule has 0 aromatic rings. The summed E-state index contributed by atoms with van der Waals surface area (Å²) < 4.78 is 0. The number of amides is 1. The molecule has 0 radical (unpaired) electrons. The second-order valence-electron chi connectivity index (χ2n) is 4.98. The van der Waals surface area contributed by atoms with Gasteiger partial charge in [-0.3, -0.25) is 4.79 Å². The fourth-order valence-electron chi connectivity index (χ4n) is 2.91. The van der Waals surface area contributed by atoms with E-state index in [1.54, 1.807) is 0 Å².